The van der Waals surface area contributed by atoms with Crippen LogP contribution in [-0.2, 0) is 4.79 Å². The molecule has 2 heterocycles. The number of amides is 1. The first-order valence-corrected chi connectivity index (χ1v) is 12.2. The van der Waals surface area contributed by atoms with Gasteiger partial charge in [0.25, 0.3) is 5.91 Å². The SMILES string of the molecule is Cc1ccc(Cl)cc1-c1ccc(/C=N\NC(=O)COc2ccc(C3SCCS3)cc2)o1. The quantitative estimate of drug-likeness (QED) is 0.341. The van der Waals surface area contributed by atoms with Crippen LogP contribution in [0.2, 0.25) is 5.02 Å². The maximum absolute atomic E-state index is 12.0. The molecule has 1 saturated heterocycles. The number of nitrogens with zero attached hydrogens (tertiary/aromatic N) is 1. The maximum Gasteiger partial charge on any atom is 0.277 e. The van der Waals surface area contributed by atoms with E-state index in [2.05, 4.69) is 22.7 Å². The van der Waals surface area contributed by atoms with Crippen LogP contribution in [0.3, 0.4) is 0 Å². The Morgan fingerprint density at radius 2 is 1.97 bits per heavy atom. The molecule has 0 spiro atoms. The van der Waals surface area contributed by atoms with Gasteiger partial charge in [0.15, 0.2) is 6.61 Å². The number of hydrogen-bond donors (Lipinski definition) is 1. The van der Waals surface area contributed by atoms with Crippen LogP contribution in [0, 0.1) is 6.92 Å². The number of hydrazone groups is 1. The lowest BCUT2D eigenvalue weighted by molar-refractivity contribution is -0.123. The second kappa shape index (κ2) is 10.3. The van der Waals surface area contributed by atoms with Crippen molar-refractivity contribution in [1.29, 1.82) is 0 Å². The number of furan rings is 1. The molecule has 4 rings (SSSR count). The fraction of sp³-hybridized carbons (Fsp3) is 0.217. The van der Waals surface area contributed by atoms with Crippen molar-refractivity contribution < 1.29 is 13.9 Å². The summed E-state index contributed by atoms with van der Waals surface area (Å²) in [7, 11) is 0. The molecule has 0 unspecified atom stereocenters. The van der Waals surface area contributed by atoms with Crippen molar-refractivity contribution >= 4 is 47.2 Å². The summed E-state index contributed by atoms with van der Waals surface area (Å²) in [5, 5.41) is 4.58. The summed E-state index contributed by atoms with van der Waals surface area (Å²) in [4.78, 5) is 12.0. The highest BCUT2D eigenvalue weighted by Crippen LogP contribution is 2.45. The fourth-order valence-electron chi connectivity index (χ4n) is 3.05. The molecule has 1 aromatic heterocycles. The molecule has 8 heteroatoms. The van der Waals surface area contributed by atoms with E-state index in [1.165, 1.54) is 23.3 Å². The topological polar surface area (TPSA) is 63.8 Å². The molecular formula is C23H21ClN2O3S2. The molecular weight excluding hydrogens is 452 g/mol. The number of rotatable bonds is 7. The van der Waals surface area contributed by atoms with E-state index in [0.29, 0.717) is 26.9 Å². The van der Waals surface area contributed by atoms with E-state index in [-0.39, 0.29) is 12.5 Å². The van der Waals surface area contributed by atoms with Crippen LogP contribution < -0.4 is 10.2 Å². The van der Waals surface area contributed by atoms with Crippen molar-refractivity contribution in [3.8, 4) is 17.1 Å². The Labute approximate surface area is 194 Å². The molecule has 0 radical (unpaired) electrons. The molecule has 5 nitrogen and oxygen atoms in total. The first-order chi connectivity index (χ1) is 15.1. The molecule has 1 aliphatic heterocycles. The summed E-state index contributed by atoms with van der Waals surface area (Å²) < 4.78 is 11.8. The Hall–Kier alpha value is -2.35. The number of hydrogen-bond acceptors (Lipinski definition) is 6. The normalized spacial score (nSPS) is 14.3. The van der Waals surface area contributed by atoms with Gasteiger partial charge in [0, 0.05) is 22.1 Å². The van der Waals surface area contributed by atoms with Gasteiger partial charge in [-0.2, -0.15) is 5.10 Å². The van der Waals surface area contributed by atoms with Crippen molar-refractivity contribution in [2.45, 2.75) is 11.5 Å². The number of halogens is 1. The van der Waals surface area contributed by atoms with Gasteiger partial charge in [-0.3, -0.25) is 4.79 Å². The largest absolute Gasteiger partial charge is 0.484 e. The Kier molecular flexibility index (Phi) is 7.27. The number of ether oxygens (including phenoxy) is 1. The van der Waals surface area contributed by atoms with Crippen LogP contribution >= 0.6 is 35.1 Å². The van der Waals surface area contributed by atoms with Crippen molar-refractivity contribution in [2.24, 2.45) is 5.10 Å². The number of aryl methyl sites for hydroxylation is 1. The number of nitrogens with one attached hydrogen (secondary N) is 1. The third-order valence-electron chi connectivity index (χ3n) is 4.62. The van der Waals surface area contributed by atoms with E-state index in [9.17, 15) is 4.79 Å². The van der Waals surface area contributed by atoms with E-state index in [4.69, 9.17) is 20.8 Å². The zero-order valence-corrected chi connectivity index (χ0v) is 19.2. The lowest BCUT2D eigenvalue weighted by Gasteiger charge is -2.09. The minimum Gasteiger partial charge on any atom is -0.484 e. The van der Waals surface area contributed by atoms with Gasteiger partial charge >= 0.3 is 0 Å². The molecule has 31 heavy (non-hydrogen) atoms. The Bertz CT molecular complexity index is 1080. The average molecular weight is 473 g/mol. The Morgan fingerprint density at radius 3 is 2.74 bits per heavy atom. The van der Waals surface area contributed by atoms with E-state index >= 15 is 0 Å². The highest BCUT2D eigenvalue weighted by molar-refractivity contribution is 8.19. The minimum absolute atomic E-state index is 0.116. The second-order valence-electron chi connectivity index (χ2n) is 6.89. The highest BCUT2D eigenvalue weighted by atomic mass is 35.5. The Balaban J connectivity index is 1.26. The van der Waals surface area contributed by atoms with Crippen LogP contribution in [0.4, 0.5) is 0 Å². The van der Waals surface area contributed by atoms with Crippen LogP contribution in [0.25, 0.3) is 11.3 Å². The molecule has 2 aromatic carbocycles. The maximum atomic E-state index is 12.0. The van der Waals surface area contributed by atoms with Gasteiger partial charge in [0.2, 0.25) is 0 Å². The van der Waals surface area contributed by atoms with Crippen molar-refractivity contribution in [3.63, 3.8) is 0 Å². The van der Waals surface area contributed by atoms with Crippen LogP contribution in [0.15, 0.2) is 64.1 Å². The van der Waals surface area contributed by atoms with Crippen molar-refractivity contribution in [2.75, 3.05) is 18.1 Å². The van der Waals surface area contributed by atoms with Gasteiger partial charge in [-0.25, -0.2) is 5.43 Å². The van der Waals surface area contributed by atoms with Crippen LogP contribution in [-0.4, -0.2) is 30.2 Å². The monoisotopic (exact) mass is 472 g/mol. The Morgan fingerprint density at radius 1 is 1.19 bits per heavy atom. The second-order valence-corrected chi connectivity index (χ2v) is 10.0. The van der Waals surface area contributed by atoms with Gasteiger partial charge in [0.1, 0.15) is 17.3 Å². The molecule has 160 valence electrons. The lowest BCUT2D eigenvalue weighted by Crippen LogP contribution is -2.24. The summed E-state index contributed by atoms with van der Waals surface area (Å²) in [6.07, 6.45) is 1.45. The van der Waals surface area contributed by atoms with E-state index < -0.39 is 0 Å². The van der Waals surface area contributed by atoms with Gasteiger partial charge in [-0.1, -0.05) is 29.8 Å². The molecule has 0 saturated carbocycles. The molecule has 3 aromatic rings. The van der Waals surface area contributed by atoms with Gasteiger partial charge in [-0.15, -0.1) is 23.5 Å². The third kappa shape index (κ3) is 5.87. The molecule has 1 aliphatic rings. The molecule has 0 atom stereocenters. The summed E-state index contributed by atoms with van der Waals surface area (Å²) in [5.41, 5.74) is 5.70. The van der Waals surface area contributed by atoms with E-state index in [1.54, 1.807) is 6.07 Å². The first kappa shape index (κ1) is 21.9. The van der Waals surface area contributed by atoms with Crippen LogP contribution in [0.5, 0.6) is 5.75 Å². The predicted molar refractivity (Wildman–Crippen MR) is 129 cm³/mol. The standard InChI is InChI=1S/C23H21ClN2O3S2/c1-15-2-5-17(24)12-20(15)21-9-8-19(29-21)13-25-26-22(27)14-28-18-6-3-16(4-7-18)23-30-10-11-31-23/h2-9,12-13,23H,10-11,14H2,1H3,(H,26,27)/b25-13-. The van der Waals surface area contributed by atoms with Gasteiger partial charge < -0.3 is 9.15 Å². The summed E-state index contributed by atoms with van der Waals surface area (Å²) in [6, 6.07) is 17.2. The molecule has 1 fully saturated rings. The fourth-order valence-corrected chi connectivity index (χ4v) is 6.08. The first-order valence-electron chi connectivity index (χ1n) is 9.73. The third-order valence-corrected chi connectivity index (χ3v) is 7.96. The minimum atomic E-state index is -0.348. The summed E-state index contributed by atoms with van der Waals surface area (Å²) in [6.45, 7) is 1.87. The van der Waals surface area contributed by atoms with Crippen molar-refractivity contribution in [3.05, 3.63) is 76.5 Å². The highest BCUT2D eigenvalue weighted by Gasteiger charge is 2.18. The zero-order valence-electron chi connectivity index (χ0n) is 16.8. The number of benzene rings is 2. The van der Waals surface area contributed by atoms with E-state index in [0.717, 1.165) is 11.1 Å². The molecule has 1 N–H and O–H groups in total. The van der Waals surface area contributed by atoms with Crippen LogP contribution in [0.1, 0.15) is 21.5 Å². The lowest BCUT2D eigenvalue weighted by atomic mass is 10.1. The van der Waals surface area contributed by atoms with Crippen molar-refractivity contribution in [1.82, 2.24) is 5.43 Å². The van der Waals surface area contributed by atoms with E-state index in [1.807, 2.05) is 66.8 Å². The summed E-state index contributed by atoms with van der Waals surface area (Å²) in [5.74, 6) is 3.90. The smallest absolute Gasteiger partial charge is 0.277 e. The number of carbonyl (C=O) groups is 1. The average Bonchev–Trinajstić information content (AvgIpc) is 3.47. The number of thioether (sulfide) groups is 2. The zero-order chi connectivity index (χ0) is 21.6. The molecule has 1 amide bonds. The van der Waals surface area contributed by atoms with Gasteiger partial charge in [0.05, 0.1) is 10.8 Å². The predicted octanol–water partition coefficient (Wildman–Crippen LogP) is 5.92. The molecule has 0 bridgehead atoms. The van der Waals surface area contributed by atoms with Gasteiger partial charge in [-0.05, 0) is 54.4 Å². The summed E-state index contributed by atoms with van der Waals surface area (Å²) >= 11 is 9.99. The molecule has 0 aliphatic carbocycles. The number of carbonyl (C=O) groups excluding carboxylic acids is 1.